The SMILES string of the molecule is CN(C(=O)C(Br)(Br)OOSc1ccccc1)c1ccccc1. The van der Waals surface area contributed by atoms with Gasteiger partial charge in [0.25, 0.3) is 9.33 Å². The van der Waals surface area contributed by atoms with Crippen molar-refractivity contribution in [1.29, 1.82) is 0 Å². The molecule has 2 aromatic carbocycles. The van der Waals surface area contributed by atoms with E-state index in [1.807, 2.05) is 60.7 Å². The number of hydrogen-bond donors (Lipinski definition) is 0. The summed E-state index contributed by atoms with van der Waals surface area (Å²) in [4.78, 5) is 19.9. The van der Waals surface area contributed by atoms with Gasteiger partial charge in [0.1, 0.15) is 0 Å². The van der Waals surface area contributed by atoms with Crippen molar-refractivity contribution in [3.8, 4) is 0 Å². The molecule has 0 unspecified atom stereocenters. The maximum absolute atomic E-state index is 12.4. The van der Waals surface area contributed by atoms with Crippen LogP contribution in [0.4, 0.5) is 5.69 Å². The van der Waals surface area contributed by atoms with Crippen molar-refractivity contribution in [2.24, 2.45) is 0 Å². The highest BCUT2D eigenvalue weighted by Gasteiger charge is 2.38. The van der Waals surface area contributed by atoms with Gasteiger partial charge in [-0.2, -0.15) is 9.22 Å². The van der Waals surface area contributed by atoms with Crippen LogP contribution in [-0.4, -0.2) is 16.4 Å². The van der Waals surface area contributed by atoms with Gasteiger partial charge in [0, 0.05) is 17.6 Å². The van der Waals surface area contributed by atoms with Crippen LogP contribution < -0.4 is 4.90 Å². The van der Waals surface area contributed by atoms with Gasteiger partial charge in [-0.25, -0.2) is 0 Å². The summed E-state index contributed by atoms with van der Waals surface area (Å²) in [6.45, 7) is 0. The number of amides is 1. The lowest BCUT2D eigenvalue weighted by Gasteiger charge is -2.24. The number of anilines is 1. The molecule has 0 radical (unpaired) electrons. The molecule has 0 aliphatic rings. The van der Waals surface area contributed by atoms with Crippen molar-refractivity contribution in [2.75, 3.05) is 11.9 Å². The third-order valence-electron chi connectivity index (χ3n) is 2.71. The smallest absolute Gasteiger partial charge is 0.290 e. The van der Waals surface area contributed by atoms with Crippen molar-refractivity contribution >= 4 is 55.5 Å². The molecule has 0 saturated heterocycles. The third kappa shape index (κ3) is 4.82. The van der Waals surface area contributed by atoms with E-state index in [1.54, 1.807) is 7.05 Å². The van der Waals surface area contributed by atoms with Crippen LogP contribution in [0, 0.1) is 0 Å². The van der Waals surface area contributed by atoms with Crippen molar-refractivity contribution in [3.05, 3.63) is 60.7 Å². The number of carbonyl (C=O) groups excluding carboxylic acids is 1. The summed E-state index contributed by atoms with van der Waals surface area (Å²) in [5.74, 6) is -0.354. The summed E-state index contributed by atoms with van der Waals surface area (Å²) in [6, 6.07) is 18.7. The first-order valence-electron chi connectivity index (χ1n) is 6.29. The topological polar surface area (TPSA) is 38.8 Å². The summed E-state index contributed by atoms with van der Waals surface area (Å²) < 4.78 is 3.60. The van der Waals surface area contributed by atoms with E-state index in [2.05, 4.69) is 31.9 Å². The number of likely N-dealkylation sites (N-methyl/N-ethyl adjacent to an activating group) is 1. The van der Waals surface area contributed by atoms with Crippen LogP contribution in [0.1, 0.15) is 0 Å². The summed E-state index contributed by atoms with van der Waals surface area (Å²) in [7, 11) is 1.66. The lowest BCUT2D eigenvalue weighted by Crippen LogP contribution is -2.40. The van der Waals surface area contributed by atoms with Gasteiger partial charge in [-0.05, 0) is 56.1 Å². The summed E-state index contributed by atoms with van der Waals surface area (Å²) in [5.41, 5.74) is 0.745. The van der Waals surface area contributed by atoms with Crippen LogP contribution in [-0.2, 0) is 14.0 Å². The standard InChI is InChI=1S/C15H13Br2NO3S/c1-18(12-8-4-2-5-9-12)14(19)15(16,17)20-21-22-13-10-6-3-7-11-13/h2-11H,1H3. The second-order valence-corrected chi connectivity index (χ2v) is 8.34. The van der Waals surface area contributed by atoms with E-state index in [1.165, 1.54) is 4.90 Å². The van der Waals surface area contributed by atoms with E-state index in [0.717, 1.165) is 22.6 Å². The number of nitrogens with zero attached hydrogens (tertiary/aromatic N) is 1. The fourth-order valence-corrected chi connectivity index (χ4v) is 2.90. The molecular formula is C15H13Br2NO3S. The van der Waals surface area contributed by atoms with Gasteiger partial charge >= 0.3 is 0 Å². The summed E-state index contributed by atoms with van der Waals surface area (Å²) in [5, 5.41) is 0. The molecule has 1 amide bonds. The lowest BCUT2D eigenvalue weighted by atomic mass is 10.3. The molecular weight excluding hydrogens is 434 g/mol. The third-order valence-corrected chi connectivity index (χ3v) is 4.25. The molecule has 0 heterocycles. The molecule has 0 spiro atoms. The Bertz CT molecular complexity index is 611. The first-order chi connectivity index (χ1) is 10.5. The Morgan fingerprint density at radius 2 is 1.59 bits per heavy atom. The van der Waals surface area contributed by atoms with Crippen LogP contribution >= 0.6 is 43.9 Å². The van der Waals surface area contributed by atoms with Crippen LogP contribution in [0.25, 0.3) is 0 Å². The average molecular weight is 447 g/mol. The molecule has 0 aliphatic heterocycles. The van der Waals surface area contributed by atoms with Crippen LogP contribution in [0.5, 0.6) is 0 Å². The van der Waals surface area contributed by atoms with Crippen molar-refractivity contribution in [1.82, 2.24) is 0 Å². The van der Waals surface area contributed by atoms with E-state index in [0.29, 0.717) is 0 Å². The Hall–Kier alpha value is -0.860. The average Bonchev–Trinajstić information content (AvgIpc) is 2.55. The Morgan fingerprint density at radius 1 is 1.05 bits per heavy atom. The number of halogens is 2. The number of alkyl halides is 2. The second kappa shape index (κ2) is 8.12. The molecule has 22 heavy (non-hydrogen) atoms. The Labute approximate surface area is 150 Å². The van der Waals surface area contributed by atoms with Gasteiger partial charge < -0.3 is 4.90 Å². The predicted octanol–water partition coefficient (Wildman–Crippen LogP) is 4.75. The Kier molecular flexibility index (Phi) is 6.46. The van der Waals surface area contributed by atoms with Gasteiger partial charge in [-0.1, -0.05) is 36.4 Å². The van der Waals surface area contributed by atoms with Gasteiger partial charge in [-0.15, -0.1) is 0 Å². The fraction of sp³-hybridized carbons (Fsp3) is 0.133. The monoisotopic (exact) mass is 445 g/mol. The Balaban J connectivity index is 1.93. The molecule has 0 atom stereocenters. The molecule has 0 fully saturated rings. The number of carbonyl (C=O) groups is 1. The molecule has 7 heteroatoms. The molecule has 0 bridgehead atoms. The maximum Gasteiger partial charge on any atom is 0.290 e. The van der Waals surface area contributed by atoms with Crippen molar-refractivity contribution in [3.63, 3.8) is 0 Å². The minimum absolute atomic E-state index is 0.354. The van der Waals surface area contributed by atoms with Gasteiger partial charge in [0.15, 0.2) is 0 Å². The van der Waals surface area contributed by atoms with E-state index in [4.69, 9.17) is 9.22 Å². The van der Waals surface area contributed by atoms with Crippen LogP contribution in [0.2, 0.25) is 0 Å². The van der Waals surface area contributed by atoms with E-state index >= 15 is 0 Å². The summed E-state index contributed by atoms with van der Waals surface area (Å²) >= 11 is 7.39. The van der Waals surface area contributed by atoms with E-state index < -0.39 is 3.42 Å². The highest BCUT2D eigenvalue weighted by molar-refractivity contribution is 9.25. The first-order valence-corrected chi connectivity index (χ1v) is 8.62. The van der Waals surface area contributed by atoms with E-state index in [9.17, 15) is 4.79 Å². The zero-order valence-corrected chi connectivity index (χ0v) is 15.6. The van der Waals surface area contributed by atoms with Crippen molar-refractivity contribution < 1.29 is 14.0 Å². The quantitative estimate of drug-likeness (QED) is 0.278. The molecule has 0 aromatic heterocycles. The van der Waals surface area contributed by atoms with Crippen LogP contribution in [0.3, 0.4) is 0 Å². The second-order valence-electron chi connectivity index (χ2n) is 4.26. The molecule has 0 aliphatic carbocycles. The first kappa shape index (κ1) is 17.5. The molecule has 2 aromatic rings. The molecule has 4 nitrogen and oxygen atoms in total. The highest BCUT2D eigenvalue weighted by atomic mass is 79.9. The van der Waals surface area contributed by atoms with Crippen LogP contribution in [0.15, 0.2) is 65.6 Å². The molecule has 0 saturated carbocycles. The predicted molar refractivity (Wildman–Crippen MR) is 94.9 cm³/mol. The number of hydrogen-bond acceptors (Lipinski definition) is 4. The zero-order chi connectivity index (χ0) is 16.0. The number of benzene rings is 2. The molecule has 116 valence electrons. The maximum atomic E-state index is 12.4. The minimum atomic E-state index is -1.47. The summed E-state index contributed by atoms with van der Waals surface area (Å²) in [6.07, 6.45) is 0. The lowest BCUT2D eigenvalue weighted by molar-refractivity contribution is -0.210. The zero-order valence-electron chi connectivity index (χ0n) is 11.6. The highest BCUT2D eigenvalue weighted by Crippen LogP contribution is 2.34. The molecule has 0 N–H and O–H groups in total. The van der Waals surface area contributed by atoms with Gasteiger partial charge in [0.05, 0.1) is 12.0 Å². The fourth-order valence-electron chi connectivity index (χ4n) is 1.57. The number of rotatable bonds is 6. The van der Waals surface area contributed by atoms with Gasteiger partial charge in [-0.3, -0.25) is 4.79 Å². The largest absolute Gasteiger partial charge is 0.311 e. The number of para-hydroxylation sites is 1. The molecule has 2 rings (SSSR count). The Morgan fingerprint density at radius 3 is 2.18 bits per heavy atom. The minimum Gasteiger partial charge on any atom is -0.311 e. The normalized spacial score (nSPS) is 11.2. The van der Waals surface area contributed by atoms with E-state index in [-0.39, 0.29) is 5.91 Å². The van der Waals surface area contributed by atoms with Gasteiger partial charge in [0.2, 0.25) is 0 Å². The van der Waals surface area contributed by atoms with Crippen molar-refractivity contribution in [2.45, 2.75) is 8.32 Å².